The number of amides is 2. The van der Waals surface area contributed by atoms with E-state index in [-0.39, 0.29) is 12.5 Å². The zero-order valence-electron chi connectivity index (χ0n) is 16.4. The molecule has 0 aromatic heterocycles. The molecular weight excluding hydrogens is 393 g/mol. The topological polar surface area (TPSA) is 49.4 Å². The minimum Gasteiger partial charge on any atom is -0.348 e. The molecule has 7 heteroatoms. The van der Waals surface area contributed by atoms with E-state index in [1.165, 1.54) is 24.3 Å². The molecule has 3 rings (SSSR count). The Morgan fingerprint density at radius 3 is 2.37 bits per heavy atom. The smallest absolute Gasteiger partial charge is 0.348 e. The van der Waals surface area contributed by atoms with Gasteiger partial charge in [-0.05, 0) is 60.7 Å². The van der Waals surface area contributed by atoms with E-state index in [1.807, 2.05) is 4.90 Å². The van der Waals surface area contributed by atoms with Gasteiger partial charge in [-0.15, -0.1) is 0 Å². The number of halogens is 3. The van der Waals surface area contributed by atoms with Crippen molar-refractivity contribution in [3.05, 3.63) is 76.9 Å². The lowest BCUT2D eigenvalue weighted by Crippen LogP contribution is -2.35. The van der Waals surface area contributed by atoms with Gasteiger partial charge in [-0.2, -0.15) is 13.2 Å². The maximum Gasteiger partial charge on any atom is 0.416 e. The van der Waals surface area contributed by atoms with E-state index < -0.39 is 17.6 Å². The standard InChI is InChI=1S/C23H23F3N2O2/c24-23(25,26)20-6-4-5-17(15-20)9-12-21(29)27-16-18-7-10-19(11-8-18)22(30)28-13-2-1-3-14-28/h4-12,15H,1-3,13-14,16H2,(H,27,29)/b12-9+. The van der Waals surface area contributed by atoms with Gasteiger partial charge in [-0.3, -0.25) is 9.59 Å². The highest BCUT2D eigenvalue weighted by Crippen LogP contribution is 2.29. The summed E-state index contributed by atoms with van der Waals surface area (Å²) in [6.07, 6.45) is 1.33. The highest BCUT2D eigenvalue weighted by atomic mass is 19.4. The number of rotatable bonds is 5. The number of nitrogens with zero attached hydrogens (tertiary/aromatic N) is 1. The SMILES string of the molecule is O=C(/C=C/c1cccc(C(F)(F)F)c1)NCc1ccc(C(=O)N2CCCCC2)cc1. The Morgan fingerprint density at radius 1 is 1.00 bits per heavy atom. The molecular formula is C23H23F3N2O2. The fourth-order valence-corrected chi connectivity index (χ4v) is 3.28. The van der Waals surface area contributed by atoms with Gasteiger partial charge >= 0.3 is 6.18 Å². The minimum atomic E-state index is -4.42. The molecule has 1 saturated heterocycles. The minimum absolute atomic E-state index is 0.0225. The number of piperidine rings is 1. The van der Waals surface area contributed by atoms with E-state index >= 15 is 0 Å². The monoisotopic (exact) mass is 416 g/mol. The van der Waals surface area contributed by atoms with Crippen molar-refractivity contribution in [1.82, 2.24) is 10.2 Å². The number of likely N-dealkylation sites (tertiary alicyclic amines) is 1. The molecule has 0 spiro atoms. The molecule has 2 amide bonds. The van der Waals surface area contributed by atoms with Gasteiger partial charge in [-0.1, -0.05) is 24.3 Å². The van der Waals surface area contributed by atoms with E-state index in [0.29, 0.717) is 11.1 Å². The van der Waals surface area contributed by atoms with Crippen LogP contribution in [0, 0.1) is 0 Å². The molecule has 158 valence electrons. The molecule has 0 aliphatic carbocycles. The van der Waals surface area contributed by atoms with Crippen molar-refractivity contribution < 1.29 is 22.8 Å². The van der Waals surface area contributed by atoms with Crippen LogP contribution in [0.3, 0.4) is 0 Å². The van der Waals surface area contributed by atoms with Crippen molar-refractivity contribution in [2.75, 3.05) is 13.1 Å². The van der Waals surface area contributed by atoms with E-state index in [4.69, 9.17) is 0 Å². The molecule has 0 bridgehead atoms. The molecule has 2 aromatic rings. The highest BCUT2D eigenvalue weighted by molar-refractivity contribution is 5.94. The van der Waals surface area contributed by atoms with Crippen LogP contribution < -0.4 is 5.32 Å². The molecule has 2 aromatic carbocycles. The molecule has 1 N–H and O–H groups in total. The summed E-state index contributed by atoms with van der Waals surface area (Å²) < 4.78 is 38.2. The largest absolute Gasteiger partial charge is 0.416 e. The van der Waals surface area contributed by atoms with E-state index in [1.54, 1.807) is 24.3 Å². The van der Waals surface area contributed by atoms with Crippen LogP contribution in [0.4, 0.5) is 13.2 Å². The number of nitrogens with one attached hydrogen (secondary N) is 1. The Bertz CT molecular complexity index is 915. The van der Waals surface area contributed by atoms with Crippen molar-refractivity contribution in [1.29, 1.82) is 0 Å². The number of alkyl halides is 3. The van der Waals surface area contributed by atoms with Crippen molar-refractivity contribution >= 4 is 17.9 Å². The first-order valence-corrected chi connectivity index (χ1v) is 9.84. The number of carbonyl (C=O) groups is 2. The number of carbonyl (C=O) groups excluding carboxylic acids is 2. The molecule has 0 radical (unpaired) electrons. The molecule has 4 nitrogen and oxygen atoms in total. The second kappa shape index (κ2) is 9.61. The number of benzene rings is 2. The molecule has 1 aliphatic heterocycles. The quantitative estimate of drug-likeness (QED) is 0.721. The third-order valence-electron chi connectivity index (χ3n) is 4.95. The van der Waals surface area contributed by atoms with Crippen LogP contribution >= 0.6 is 0 Å². The normalized spacial score (nSPS) is 14.7. The maximum atomic E-state index is 12.7. The Labute approximate surface area is 173 Å². The van der Waals surface area contributed by atoms with Crippen molar-refractivity contribution in [2.24, 2.45) is 0 Å². The average Bonchev–Trinajstić information content (AvgIpc) is 2.76. The van der Waals surface area contributed by atoms with Crippen LogP contribution in [0.2, 0.25) is 0 Å². The Kier molecular flexibility index (Phi) is 6.92. The summed E-state index contributed by atoms with van der Waals surface area (Å²) in [5.41, 5.74) is 0.979. The molecule has 0 unspecified atom stereocenters. The zero-order chi connectivity index (χ0) is 21.6. The van der Waals surface area contributed by atoms with Gasteiger partial charge in [0.25, 0.3) is 5.91 Å². The second-order valence-electron chi connectivity index (χ2n) is 7.22. The Balaban J connectivity index is 1.52. The molecule has 30 heavy (non-hydrogen) atoms. The predicted octanol–water partition coefficient (Wildman–Crippen LogP) is 4.66. The molecule has 0 atom stereocenters. The Hall–Kier alpha value is -3.09. The van der Waals surface area contributed by atoms with E-state index in [0.717, 1.165) is 50.0 Å². The summed E-state index contributed by atoms with van der Waals surface area (Å²) in [5, 5.41) is 2.68. The fourth-order valence-electron chi connectivity index (χ4n) is 3.28. The molecule has 0 saturated carbocycles. The fraction of sp³-hybridized carbons (Fsp3) is 0.304. The first kappa shape index (κ1) is 21.6. The first-order valence-electron chi connectivity index (χ1n) is 9.84. The van der Waals surface area contributed by atoms with Gasteiger partial charge in [0, 0.05) is 31.3 Å². The second-order valence-corrected chi connectivity index (χ2v) is 7.22. The number of hydrogen-bond donors (Lipinski definition) is 1. The van der Waals surface area contributed by atoms with Gasteiger partial charge < -0.3 is 10.2 Å². The lowest BCUT2D eigenvalue weighted by molar-refractivity contribution is -0.137. The summed E-state index contributed by atoms with van der Waals surface area (Å²) in [4.78, 5) is 26.3. The number of hydrogen-bond acceptors (Lipinski definition) is 2. The Morgan fingerprint density at radius 2 is 1.70 bits per heavy atom. The van der Waals surface area contributed by atoms with Gasteiger partial charge in [0.2, 0.25) is 5.91 Å². The van der Waals surface area contributed by atoms with Gasteiger partial charge in [0.1, 0.15) is 0 Å². The molecule has 1 aliphatic rings. The van der Waals surface area contributed by atoms with Crippen LogP contribution in [0.15, 0.2) is 54.6 Å². The summed E-state index contributed by atoms with van der Waals surface area (Å²) in [6, 6.07) is 11.8. The van der Waals surface area contributed by atoms with Gasteiger partial charge in [0.15, 0.2) is 0 Å². The molecule has 1 heterocycles. The van der Waals surface area contributed by atoms with Crippen molar-refractivity contribution in [3.8, 4) is 0 Å². The summed E-state index contributed by atoms with van der Waals surface area (Å²) >= 11 is 0. The molecule has 1 fully saturated rings. The van der Waals surface area contributed by atoms with Crippen LogP contribution in [0.5, 0.6) is 0 Å². The van der Waals surface area contributed by atoms with Crippen LogP contribution in [-0.2, 0) is 17.5 Å². The zero-order valence-corrected chi connectivity index (χ0v) is 16.4. The van der Waals surface area contributed by atoms with Gasteiger partial charge in [0.05, 0.1) is 5.56 Å². The summed E-state index contributed by atoms with van der Waals surface area (Å²) in [7, 11) is 0. The van der Waals surface area contributed by atoms with Crippen LogP contribution in [0.25, 0.3) is 6.08 Å². The highest BCUT2D eigenvalue weighted by Gasteiger charge is 2.30. The first-order chi connectivity index (χ1) is 14.3. The summed E-state index contributed by atoms with van der Waals surface area (Å²) in [5.74, 6) is -0.393. The van der Waals surface area contributed by atoms with E-state index in [9.17, 15) is 22.8 Å². The third-order valence-corrected chi connectivity index (χ3v) is 4.95. The maximum absolute atomic E-state index is 12.7. The van der Waals surface area contributed by atoms with Crippen molar-refractivity contribution in [2.45, 2.75) is 32.0 Å². The van der Waals surface area contributed by atoms with Gasteiger partial charge in [-0.25, -0.2) is 0 Å². The van der Waals surface area contributed by atoms with Crippen molar-refractivity contribution in [3.63, 3.8) is 0 Å². The predicted molar refractivity (Wildman–Crippen MR) is 109 cm³/mol. The van der Waals surface area contributed by atoms with Crippen LogP contribution in [-0.4, -0.2) is 29.8 Å². The summed E-state index contributed by atoms with van der Waals surface area (Å²) in [6.45, 7) is 1.83. The average molecular weight is 416 g/mol. The third kappa shape index (κ3) is 5.95. The lowest BCUT2D eigenvalue weighted by atomic mass is 10.1. The van der Waals surface area contributed by atoms with Crippen LogP contribution in [0.1, 0.15) is 46.3 Å². The van der Waals surface area contributed by atoms with E-state index in [2.05, 4.69) is 5.32 Å². The lowest BCUT2D eigenvalue weighted by Gasteiger charge is -2.26.